The molecule has 2 N–H and O–H groups in total. The van der Waals surface area contributed by atoms with Crippen LogP contribution in [0.5, 0.6) is 0 Å². The zero-order valence-electron chi connectivity index (χ0n) is 10.0. The minimum Gasteiger partial charge on any atom is -0.480 e. The molecule has 0 aromatic heterocycles. The van der Waals surface area contributed by atoms with Crippen LogP contribution in [0.1, 0.15) is 20.8 Å². The molecule has 0 saturated carbocycles. The predicted molar refractivity (Wildman–Crippen MR) is 63.9 cm³/mol. The first-order valence-corrected chi connectivity index (χ1v) is 6.27. The van der Waals surface area contributed by atoms with Crippen LogP contribution in [0.3, 0.4) is 0 Å². The molecule has 0 radical (unpaired) electrons. The lowest BCUT2D eigenvalue weighted by Gasteiger charge is -2.35. The Morgan fingerprint density at radius 3 is 2.53 bits per heavy atom. The molecule has 0 aromatic carbocycles. The summed E-state index contributed by atoms with van der Waals surface area (Å²) in [6.07, 6.45) is 0. The Kier molecular flexibility index (Phi) is 4.03. The van der Waals surface area contributed by atoms with Crippen molar-refractivity contribution >= 4 is 28.9 Å². The minimum absolute atomic E-state index is 0.243. The van der Waals surface area contributed by atoms with E-state index in [1.54, 1.807) is 6.92 Å². The molecule has 1 aliphatic rings. The summed E-state index contributed by atoms with van der Waals surface area (Å²) in [7, 11) is 0. The maximum Gasteiger partial charge on any atom is 0.329 e. The van der Waals surface area contributed by atoms with Gasteiger partial charge in [-0.1, -0.05) is 11.8 Å². The lowest BCUT2D eigenvalue weighted by molar-refractivity contribution is -0.157. The second-order valence-corrected chi connectivity index (χ2v) is 5.23. The first-order chi connectivity index (χ1) is 7.80. The number of nitrogens with one attached hydrogen (secondary N) is 1. The van der Waals surface area contributed by atoms with E-state index >= 15 is 0 Å². The highest BCUT2D eigenvalue weighted by atomic mass is 32.2. The molecular formula is C10H16N2O4S. The van der Waals surface area contributed by atoms with E-state index in [1.807, 2.05) is 0 Å². The largest absolute Gasteiger partial charge is 0.480 e. The Balaban J connectivity index is 2.84. The van der Waals surface area contributed by atoms with Gasteiger partial charge < -0.3 is 15.3 Å². The fourth-order valence-corrected chi connectivity index (χ4v) is 2.42. The van der Waals surface area contributed by atoms with E-state index in [-0.39, 0.29) is 17.7 Å². The molecule has 96 valence electrons. The van der Waals surface area contributed by atoms with Crippen molar-refractivity contribution in [1.29, 1.82) is 0 Å². The zero-order valence-corrected chi connectivity index (χ0v) is 10.8. The highest BCUT2D eigenvalue weighted by Crippen LogP contribution is 2.20. The van der Waals surface area contributed by atoms with Crippen molar-refractivity contribution in [3.05, 3.63) is 0 Å². The van der Waals surface area contributed by atoms with Crippen molar-refractivity contribution in [3.8, 4) is 0 Å². The molecule has 0 spiro atoms. The van der Waals surface area contributed by atoms with Gasteiger partial charge in [0.2, 0.25) is 5.91 Å². The number of carbonyl (C=O) groups excluding carboxylic acids is 2. The van der Waals surface area contributed by atoms with Crippen LogP contribution in [-0.2, 0) is 9.59 Å². The lowest BCUT2D eigenvalue weighted by Crippen LogP contribution is -2.57. The van der Waals surface area contributed by atoms with E-state index in [9.17, 15) is 14.4 Å². The van der Waals surface area contributed by atoms with Gasteiger partial charge in [0.25, 0.3) is 5.24 Å². The predicted octanol–water partition coefficient (Wildman–Crippen LogP) is 0.523. The summed E-state index contributed by atoms with van der Waals surface area (Å²) in [4.78, 5) is 35.5. The molecule has 1 fully saturated rings. The Hall–Kier alpha value is -1.24. The van der Waals surface area contributed by atoms with Crippen molar-refractivity contribution in [2.45, 2.75) is 32.4 Å². The number of carboxylic acids is 1. The zero-order chi connectivity index (χ0) is 13.2. The lowest BCUT2D eigenvalue weighted by atomic mass is 10.0. The molecular weight excluding hydrogens is 244 g/mol. The summed E-state index contributed by atoms with van der Waals surface area (Å²) in [6, 6.07) is -0.619. The van der Waals surface area contributed by atoms with E-state index < -0.39 is 17.6 Å². The fraction of sp³-hybridized carbons (Fsp3) is 0.700. The molecule has 1 atom stereocenters. The van der Waals surface area contributed by atoms with E-state index in [0.717, 1.165) is 11.8 Å². The molecule has 1 heterocycles. The minimum atomic E-state index is -1.27. The quantitative estimate of drug-likeness (QED) is 0.769. The number of nitrogens with zero attached hydrogens (tertiary/aromatic N) is 1. The van der Waals surface area contributed by atoms with Crippen molar-refractivity contribution in [2.75, 3.05) is 12.3 Å². The van der Waals surface area contributed by atoms with Gasteiger partial charge in [0.05, 0.1) is 0 Å². The molecule has 2 amide bonds. The molecule has 7 heteroatoms. The summed E-state index contributed by atoms with van der Waals surface area (Å²) in [5.41, 5.74) is -1.27. The van der Waals surface area contributed by atoms with Gasteiger partial charge >= 0.3 is 5.97 Å². The average Bonchev–Trinajstić information content (AvgIpc) is 2.65. The Morgan fingerprint density at radius 1 is 1.59 bits per heavy atom. The van der Waals surface area contributed by atoms with Crippen molar-refractivity contribution in [3.63, 3.8) is 0 Å². The summed E-state index contributed by atoms with van der Waals surface area (Å²) >= 11 is 1.04. The van der Waals surface area contributed by atoms with Crippen LogP contribution in [0.15, 0.2) is 0 Å². The average molecular weight is 260 g/mol. The molecule has 0 aromatic rings. The van der Waals surface area contributed by atoms with Gasteiger partial charge in [0.15, 0.2) is 0 Å². The molecule has 1 rings (SSSR count). The number of thioether (sulfide) groups is 1. The smallest absolute Gasteiger partial charge is 0.329 e. The number of hydrogen-bond acceptors (Lipinski definition) is 4. The molecule has 1 aliphatic heterocycles. The van der Waals surface area contributed by atoms with E-state index in [2.05, 4.69) is 5.32 Å². The molecule has 1 unspecified atom stereocenters. The first-order valence-electron chi connectivity index (χ1n) is 5.28. The van der Waals surface area contributed by atoms with E-state index in [0.29, 0.717) is 5.75 Å². The van der Waals surface area contributed by atoms with Crippen molar-refractivity contribution in [1.82, 2.24) is 10.2 Å². The second-order valence-electron chi connectivity index (χ2n) is 4.24. The van der Waals surface area contributed by atoms with E-state index in [1.165, 1.54) is 18.7 Å². The summed E-state index contributed by atoms with van der Waals surface area (Å²) < 4.78 is 0. The number of aliphatic carboxylic acids is 1. The van der Waals surface area contributed by atoms with Gasteiger partial charge in [0.1, 0.15) is 11.6 Å². The van der Waals surface area contributed by atoms with Gasteiger partial charge in [-0.25, -0.2) is 4.79 Å². The third kappa shape index (κ3) is 2.71. The second kappa shape index (κ2) is 4.95. The van der Waals surface area contributed by atoms with Crippen LogP contribution in [0.2, 0.25) is 0 Å². The van der Waals surface area contributed by atoms with Crippen molar-refractivity contribution < 1.29 is 19.5 Å². The number of likely N-dealkylation sites (N-methyl/N-ethyl adjacent to an activating group) is 1. The summed E-state index contributed by atoms with van der Waals surface area (Å²) in [5.74, 6) is -1.06. The summed E-state index contributed by atoms with van der Waals surface area (Å²) in [6.45, 7) is 4.95. The Labute approximate surface area is 104 Å². The fourth-order valence-electron chi connectivity index (χ4n) is 1.65. The topological polar surface area (TPSA) is 86.7 Å². The highest BCUT2D eigenvalue weighted by Gasteiger charge is 2.41. The van der Waals surface area contributed by atoms with Gasteiger partial charge in [-0.2, -0.15) is 0 Å². The van der Waals surface area contributed by atoms with E-state index in [4.69, 9.17) is 5.11 Å². The monoisotopic (exact) mass is 260 g/mol. The number of carbonyl (C=O) groups is 3. The third-order valence-corrected chi connectivity index (χ3v) is 3.63. The molecule has 1 saturated heterocycles. The first kappa shape index (κ1) is 13.8. The standard InChI is InChI=1S/C10H16N2O4S/c1-4-12(10(2,3)8(14)15)7(13)6-5-17-9(16)11-6/h6H,4-5H2,1-3H3,(H,11,16)(H,14,15). The molecule has 0 bridgehead atoms. The Bertz CT molecular complexity index is 356. The third-order valence-electron chi connectivity index (χ3n) is 2.75. The van der Waals surface area contributed by atoms with Crippen LogP contribution in [0.4, 0.5) is 4.79 Å². The van der Waals surface area contributed by atoms with Crippen LogP contribution >= 0.6 is 11.8 Å². The maximum absolute atomic E-state index is 12.1. The number of rotatable bonds is 4. The molecule has 6 nitrogen and oxygen atoms in total. The number of hydrogen-bond donors (Lipinski definition) is 2. The normalized spacial score (nSPS) is 19.9. The Morgan fingerprint density at radius 2 is 2.18 bits per heavy atom. The van der Waals surface area contributed by atoms with Crippen LogP contribution < -0.4 is 5.32 Å². The molecule has 17 heavy (non-hydrogen) atoms. The van der Waals surface area contributed by atoms with Crippen molar-refractivity contribution in [2.24, 2.45) is 0 Å². The van der Waals surface area contributed by atoms with Gasteiger partial charge in [0, 0.05) is 12.3 Å². The van der Waals surface area contributed by atoms with Gasteiger partial charge in [-0.15, -0.1) is 0 Å². The van der Waals surface area contributed by atoms with Crippen LogP contribution in [-0.4, -0.2) is 51.0 Å². The molecule has 0 aliphatic carbocycles. The maximum atomic E-state index is 12.1. The SMILES string of the molecule is CCN(C(=O)C1CSC(=O)N1)C(C)(C)C(=O)O. The summed E-state index contributed by atoms with van der Waals surface area (Å²) in [5, 5.41) is 11.4. The van der Waals surface area contributed by atoms with Gasteiger partial charge in [-0.3, -0.25) is 9.59 Å². The van der Waals surface area contributed by atoms with Gasteiger partial charge in [-0.05, 0) is 20.8 Å². The van der Waals surface area contributed by atoms with Crippen LogP contribution in [0.25, 0.3) is 0 Å². The number of carboxylic acid groups (broad SMARTS) is 1. The highest BCUT2D eigenvalue weighted by molar-refractivity contribution is 8.14. The van der Waals surface area contributed by atoms with Crippen LogP contribution in [0, 0.1) is 0 Å². The number of amides is 2.